The summed E-state index contributed by atoms with van der Waals surface area (Å²) < 4.78 is 39.1. The van der Waals surface area contributed by atoms with Crippen LogP contribution in [0.15, 0.2) is 6.20 Å². The van der Waals surface area contributed by atoms with Gasteiger partial charge in [0.15, 0.2) is 5.69 Å². The first-order chi connectivity index (χ1) is 9.44. The van der Waals surface area contributed by atoms with E-state index in [2.05, 4.69) is 15.6 Å². The first kappa shape index (κ1) is 13.3. The topological polar surface area (TPSA) is 63.1 Å². The zero-order chi connectivity index (χ0) is 14.3. The number of nitrogens with one attached hydrogen (secondary N) is 1. The van der Waals surface area contributed by atoms with Gasteiger partial charge in [0, 0.05) is 19.1 Å². The van der Waals surface area contributed by atoms with Crippen molar-refractivity contribution in [2.75, 3.05) is 19.6 Å². The second-order valence-corrected chi connectivity index (χ2v) is 5.18. The zero-order valence-corrected chi connectivity index (χ0v) is 10.6. The molecular formula is C11H14F3N5O. The van der Waals surface area contributed by atoms with Gasteiger partial charge in [0.2, 0.25) is 0 Å². The van der Waals surface area contributed by atoms with E-state index in [1.807, 2.05) is 0 Å². The molecule has 0 atom stereocenters. The summed E-state index contributed by atoms with van der Waals surface area (Å²) in [5.74, 6) is -0.691. The number of aromatic nitrogens is 3. The molecule has 1 saturated carbocycles. The van der Waals surface area contributed by atoms with Crippen LogP contribution in [0.1, 0.15) is 29.4 Å². The molecule has 20 heavy (non-hydrogen) atoms. The van der Waals surface area contributed by atoms with E-state index in [1.165, 1.54) is 10.9 Å². The summed E-state index contributed by atoms with van der Waals surface area (Å²) in [7, 11) is 0. The third kappa shape index (κ3) is 2.77. The van der Waals surface area contributed by atoms with Crippen LogP contribution in [-0.2, 0) is 0 Å². The van der Waals surface area contributed by atoms with Gasteiger partial charge in [0.1, 0.15) is 6.54 Å². The van der Waals surface area contributed by atoms with Crippen LogP contribution >= 0.6 is 0 Å². The van der Waals surface area contributed by atoms with Crippen molar-refractivity contribution >= 4 is 5.91 Å². The Morgan fingerprint density at radius 1 is 1.45 bits per heavy atom. The van der Waals surface area contributed by atoms with E-state index in [9.17, 15) is 18.0 Å². The molecule has 110 valence electrons. The van der Waals surface area contributed by atoms with Gasteiger partial charge in [-0.25, -0.2) is 4.68 Å². The summed E-state index contributed by atoms with van der Waals surface area (Å²) in [6, 6.07) is -0.194. The smallest absolute Gasteiger partial charge is 0.325 e. The average Bonchev–Trinajstić information content (AvgIpc) is 3.02. The quantitative estimate of drug-likeness (QED) is 0.881. The molecule has 3 rings (SSSR count). The van der Waals surface area contributed by atoms with E-state index in [-0.39, 0.29) is 17.8 Å². The summed E-state index contributed by atoms with van der Waals surface area (Å²) >= 11 is 0. The minimum absolute atomic E-state index is 0.0203. The maximum atomic E-state index is 12.5. The molecule has 1 saturated heterocycles. The molecule has 6 nitrogen and oxygen atoms in total. The number of carbonyl (C=O) groups excluding carboxylic acids is 1. The first-order valence-corrected chi connectivity index (χ1v) is 6.44. The van der Waals surface area contributed by atoms with E-state index in [4.69, 9.17) is 0 Å². The van der Waals surface area contributed by atoms with Crippen molar-refractivity contribution in [2.24, 2.45) is 0 Å². The molecule has 1 aromatic rings. The molecule has 1 amide bonds. The molecule has 9 heteroatoms. The molecule has 2 fully saturated rings. The maximum absolute atomic E-state index is 12.5. The minimum atomic E-state index is -4.40. The van der Waals surface area contributed by atoms with Gasteiger partial charge in [-0.05, 0) is 12.8 Å². The van der Waals surface area contributed by atoms with Crippen molar-refractivity contribution in [1.29, 1.82) is 0 Å². The van der Waals surface area contributed by atoms with Crippen LogP contribution in [0.4, 0.5) is 13.2 Å². The minimum Gasteiger partial charge on any atom is -0.325 e. The largest absolute Gasteiger partial charge is 0.406 e. The fraction of sp³-hybridized carbons (Fsp3) is 0.727. The molecule has 0 bridgehead atoms. The Hall–Kier alpha value is -1.64. The highest BCUT2D eigenvalue weighted by Crippen LogP contribution is 2.31. The number of halogens is 3. The standard InChI is InChI=1S/C11H14F3N5O/c12-11(13,14)6-18(7-1-2-7)10(20)9-5-19(17-16-9)8-3-15-4-8/h5,7-8,15H,1-4,6H2. The number of hydrogen-bond donors (Lipinski definition) is 1. The van der Waals surface area contributed by atoms with Gasteiger partial charge in [-0.3, -0.25) is 4.79 Å². The van der Waals surface area contributed by atoms with Crippen molar-refractivity contribution in [1.82, 2.24) is 25.2 Å². The Morgan fingerprint density at radius 2 is 2.15 bits per heavy atom. The van der Waals surface area contributed by atoms with Crippen LogP contribution in [0.2, 0.25) is 0 Å². The van der Waals surface area contributed by atoms with Crippen LogP contribution < -0.4 is 5.32 Å². The van der Waals surface area contributed by atoms with Crippen molar-refractivity contribution in [3.05, 3.63) is 11.9 Å². The summed E-state index contributed by atoms with van der Waals surface area (Å²) in [4.78, 5) is 13.0. The fourth-order valence-electron chi connectivity index (χ4n) is 2.11. The van der Waals surface area contributed by atoms with E-state index in [0.717, 1.165) is 18.0 Å². The molecule has 1 aliphatic carbocycles. The molecule has 0 spiro atoms. The summed E-state index contributed by atoms with van der Waals surface area (Å²) in [6.45, 7) is 0.228. The molecule has 1 aliphatic heterocycles. The Bertz CT molecular complexity index is 506. The van der Waals surface area contributed by atoms with E-state index < -0.39 is 18.6 Å². The Labute approximate surface area is 112 Å². The fourth-order valence-corrected chi connectivity index (χ4v) is 2.11. The Morgan fingerprint density at radius 3 is 2.65 bits per heavy atom. The second-order valence-electron chi connectivity index (χ2n) is 5.18. The van der Waals surface area contributed by atoms with Crippen LogP contribution in [0, 0.1) is 0 Å². The number of rotatable bonds is 4. The van der Waals surface area contributed by atoms with Crippen LogP contribution in [0.3, 0.4) is 0 Å². The lowest BCUT2D eigenvalue weighted by Gasteiger charge is -2.26. The summed E-state index contributed by atoms with van der Waals surface area (Å²) in [5.41, 5.74) is -0.0203. The Kier molecular flexibility index (Phi) is 3.15. The third-order valence-electron chi connectivity index (χ3n) is 3.46. The molecular weight excluding hydrogens is 275 g/mol. The average molecular weight is 289 g/mol. The van der Waals surface area contributed by atoms with E-state index in [1.54, 1.807) is 0 Å². The van der Waals surface area contributed by atoms with Crippen LogP contribution in [0.5, 0.6) is 0 Å². The number of nitrogens with zero attached hydrogens (tertiary/aromatic N) is 4. The van der Waals surface area contributed by atoms with Crippen LogP contribution in [0.25, 0.3) is 0 Å². The number of alkyl halides is 3. The van der Waals surface area contributed by atoms with Crippen molar-refractivity contribution < 1.29 is 18.0 Å². The van der Waals surface area contributed by atoms with E-state index >= 15 is 0 Å². The summed E-state index contributed by atoms with van der Waals surface area (Å²) in [6.07, 6.45) is -1.74. The Balaban J connectivity index is 1.73. The number of carbonyl (C=O) groups is 1. The first-order valence-electron chi connectivity index (χ1n) is 6.44. The van der Waals surface area contributed by atoms with Gasteiger partial charge in [0.05, 0.1) is 12.2 Å². The van der Waals surface area contributed by atoms with Gasteiger partial charge in [-0.2, -0.15) is 13.2 Å². The van der Waals surface area contributed by atoms with Gasteiger partial charge in [-0.15, -0.1) is 5.10 Å². The van der Waals surface area contributed by atoms with E-state index in [0.29, 0.717) is 12.8 Å². The molecule has 0 radical (unpaired) electrons. The van der Waals surface area contributed by atoms with Gasteiger partial charge in [-0.1, -0.05) is 5.21 Å². The van der Waals surface area contributed by atoms with Crippen molar-refractivity contribution in [3.8, 4) is 0 Å². The summed E-state index contributed by atoms with van der Waals surface area (Å²) in [5, 5.41) is 10.6. The monoisotopic (exact) mass is 289 g/mol. The lowest BCUT2D eigenvalue weighted by atomic mass is 10.2. The van der Waals surface area contributed by atoms with Crippen LogP contribution in [-0.4, -0.2) is 57.7 Å². The normalized spacial score (nSPS) is 19.8. The maximum Gasteiger partial charge on any atom is 0.406 e. The third-order valence-corrected chi connectivity index (χ3v) is 3.46. The number of hydrogen-bond acceptors (Lipinski definition) is 4. The zero-order valence-electron chi connectivity index (χ0n) is 10.6. The SMILES string of the molecule is O=C(c1cn(C2CNC2)nn1)N(CC(F)(F)F)C1CC1. The highest BCUT2D eigenvalue weighted by Gasteiger charge is 2.41. The van der Waals surface area contributed by atoms with Crippen molar-refractivity contribution in [3.63, 3.8) is 0 Å². The van der Waals surface area contributed by atoms with Gasteiger partial charge in [0.25, 0.3) is 5.91 Å². The molecule has 1 N–H and O–H groups in total. The lowest BCUT2D eigenvalue weighted by molar-refractivity contribution is -0.141. The lowest BCUT2D eigenvalue weighted by Crippen LogP contribution is -2.43. The molecule has 2 aliphatic rings. The predicted molar refractivity (Wildman–Crippen MR) is 62.0 cm³/mol. The van der Waals surface area contributed by atoms with Gasteiger partial charge < -0.3 is 10.2 Å². The highest BCUT2D eigenvalue weighted by atomic mass is 19.4. The molecule has 0 unspecified atom stereocenters. The molecule has 2 heterocycles. The molecule has 0 aromatic carbocycles. The second kappa shape index (κ2) is 4.72. The highest BCUT2D eigenvalue weighted by molar-refractivity contribution is 5.92. The number of amides is 1. The molecule has 1 aromatic heterocycles. The van der Waals surface area contributed by atoms with Crippen molar-refractivity contribution in [2.45, 2.75) is 31.1 Å². The van der Waals surface area contributed by atoms with Gasteiger partial charge >= 0.3 is 6.18 Å². The predicted octanol–water partition coefficient (Wildman–Crippen LogP) is 0.589.